The van der Waals surface area contributed by atoms with Gasteiger partial charge in [0.15, 0.2) is 0 Å². The molecule has 2 aromatic rings. The molecule has 3 nitrogen and oxygen atoms in total. The summed E-state index contributed by atoms with van der Waals surface area (Å²) in [7, 11) is 0. The molecule has 122 valence electrons. The fourth-order valence-electron chi connectivity index (χ4n) is 3.36. The van der Waals surface area contributed by atoms with Crippen molar-refractivity contribution in [3.63, 3.8) is 0 Å². The summed E-state index contributed by atoms with van der Waals surface area (Å²) in [6.07, 6.45) is 0.659. The van der Waals surface area contributed by atoms with Gasteiger partial charge in [-0.1, -0.05) is 42.0 Å². The Morgan fingerprint density at radius 2 is 1.91 bits per heavy atom. The Balaban J connectivity index is 1.51. The van der Waals surface area contributed by atoms with Crippen molar-refractivity contribution in [2.45, 2.75) is 32.9 Å². The van der Waals surface area contributed by atoms with E-state index in [1.165, 1.54) is 21.6 Å². The Hall–Kier alpha value is -1.84. The van der Waals surface area contributed by atoms with Crippen LogP contribution in [0.2, 0.25) is 0 Å². The van der Waals surface area contributed by atoms with Gasteiger partial charge in [-0.25, -0.2) is 0 Å². The average molecular weight is 312 g/mol. The van der Waals surface area contributed by atoms with E-state index in [1.807, 2.05) is 19.1 Å². The van der Waals surface area contributed by atoms with Crippen molar-refractivity contribution in [3.8, 4) is 5.75 Å². The maximum atomic E-state index is 10.3. The molecule has 3 rings (SSSR count). The summed E-state index contributed by atoms with van der Waals surface area (Å²) >= 11 is 0. The zero-order chi connectivity index (χ0) is 16.2. The first-order chi connectivity index (χ1) is 11.1. The maximum absolute atomic E-state index is 10.3. The summed E-state index contributed by atoms with van der Waals surface area (Å²) in [5, 5.41) is 10.3. The molecule has 3 heteroatoms. The molecule has 1 aliphatic rings. The number of quaternary nitrogens is 1. The lowest BCUT2D eigenvalue weighted by Gasteiger charge is -2.27. The van der Waals surface area contributed by atoms with E-state index in [0.717, 1.165) is 37.4 Å². The number of nitrogens with one attached hydrogen (secondary N) is 1. The van der Waals surface area contributed by atoms with E-state index >= 15 is 0 Å². The second-order valence-corrected chi connectivity index (χ2v) is 6.63. The molecule has 0 amide bonds. The summed E-state index contributed by atoms with van der Waals surface area (Å²) in [5.41, 5.74) is 5.22. The second-order valence-electron chi connectivity index (χ2n) is 6.63. The highest BCUT2D eigenvalue weighted by Crippen LogP contribution is 2.18. The van der Waals surface area contributed by atoms with Crippen LogP contribution in [0.15, 0.2) is 42.5 Å². The fraction of sp³-hybridized carbons (Fsp3) is 0.400. The SMILES string of the molecule is Cc1ccc(OC[C@H](O)C[NH+]2CCc3ccccc3C2)c(C)c1. The Morgan fingerprint density at radius 3 is 2.70 bits per heavy atom. The van der Waals surface area contributed by atoms with Crippen LogP contribution in [0.25, 0.3) is 0 Å². The van der Waals surface area contributed by atoms with Gasteiger partial charge in [0.05, 0.1) is 6.54 Å². The highest BCUT2D eigenvalue weighted by molar-refractivity contribution is 5.35. The van der Waals surface area contributed by atoms with Crippen LogP contribution in [-0.2, 0) is 13.0 Å². The average Bonchev–Trinajstić information content (AvgIpc) is 2.54. The van der Waals surface area contributed by atoms with Gasteiger partial charge in [0, 0.05) is 12.0 Å². The number of aliphatic hydroxyl groups excluding tert-OH is 1. The Labute approximate surface area is 138 Å². The Kier molecular flexibility index (Phi) is 4.99. The first-order valence-electron chi connectivity index (χ1n) is 8.40. The van der Waals surface area contributed by atoms with Crippen LogP contribution in [0.5, 0.6) is 5.75 Å². The van der Waals surface area contributed by atoms with E-state index in [-0.39, 0.29) is 0 Å². The van der Waals surface area contributed by atoms with Crippen molar-refractivity contribution in [2.75, 3.05) is 19.7 Å². The van der Waals surface area contributed by atoms with Gasteiger partial charge in [-0.2, -0.15) is 0 Å². The van der Waals surface area contributed by atoms with Crippen molar-refractivity contribution in [1.29, 1.82) is 0 Å². The zero-order valence-corrected chi connectivity index (χ0v) is 14.0. The standard InChI is InChI=1S/C20H25NO2/c1-15-7-8-20(16(2)11-15)23-14-19(22)13-21-10-9-17-5-3-4-6-18(17)12-21/h3-8,11,19,22H,9-10,12-14H2,1-2H3/p+1/t19-/m1/s1. The van der Waals surface area contributed by atoms with E-state index in [0.29, 0.717) is 6.61 Å². The predicted molar refractivity (Wildman–Crippen MR) is 92.0 cm³/mol. The van der Waals surface area contributed by atoms with Crippen molar-refractivity contribution in [2.24, 2.45) is 0 Å². The normalized spacial score (nSPS) is 18.3. The van der Waals surface area contributed by atoms with Gasteiger partial charge in [0.1, 0.15) is 31.5 Å². The van der Waals surface area contributed by atoms with Gasteiger partial charge in [0.2, 0.25) is 0 Å². The predicted octanol–water partition coefficient (Wildman–Crippen LogP) is 1.68. The minimum absolute atomic E-state index is 0.356. The molecule has 0 radical (unpaired) electrons. The summed E-state index contributed by atoms with van der Waals surface area (Å²) in [5.74, 6) is 0.869. The number of aliphatic hydroxyl groups is 1. The molecule has 0 aliphatic carbocycles. The maximum Gasteiger partial charge on any atom is 0.137 e. The number of aryl methyl sites for hydroxylation is 2. The van der Waals surface area contributed by atoms with Gasteiger partial charge in [-0.3, -0.25) is 0 Å². The largest absolute Gasteiger partial charge is 0.490 e. The smallest absolute Gasteiger partial charge is 0.137 e. The summed E-state index contributed by atoms with van der Waals surface area (Å²) in [4.78, 5) is 1.43. The lowest BCUT2D eigenvalue weighted by molar-refractivity contribution is -0.918. The number of hydrogen-bond donors (Lipinski definition) is 2. The molecule has 0 bridgehead atoms. The molecule has 2 aromatic carbocycles. The van der Waals surface area contributed by atoms with Crippen LogP contribution in [0.4, 0.5) is 0 Å². The van der Waals surface area contributed by atoms with Gasteiger partial charge in [0.25, 0.3) is 0 Å². The minimum Gasteiger partial charge on any atom is -0.490 e. The molecule has 0 aromatic heterocycles. The van der Waals surface area contributed by atoms with Crippen molar-refractivity contribution < 1.29 is 14.7 Å². The molecule has 1 unspecified atom stereocenters. The van der Waals surface area contributed by atoms with Crippen LogP contribution < -0.4 is 9.64 Å². The van der Waals surface area contributed by atoms with Gasteiger partial charge in [-0.05, 0) is 31.0 Å². The van der Waals surface area contributed by atoms with Crippen LogP contribution in [0.3, 0.4) is 0 Å². The highest BCUT2D eigenvalue weighted by Gasteiger charge is 2.22. The van der Waals surface area contributed by atoms with E-state index in [2.05, 4.69) is 37.3 Å². The van der Waals surface area contributed by atoms with Crippen molar-refractivity contribution >= 4 is 0 Å². The molecule has 1 heterocycles. The van der Waals surface area contributed by atoms with Crippen molar-refractivity contribution in [3.05, 3.63) is 64.7 Å². The number of fused-ring (bicyclic) bond motifs is 1. The summed E-state index contributed by atoms with van der Waals surface area (Å²) in [6.45, 7) is 7.29. The molecule has 2 N–H and O–H groups in total. The van der Waals surface area contributed by atoms with Crippen LogP contribution in [0, 0.1) is 13.8 Å². The second kappa shape index (κ2) is 7.16. The number of hydrogen-bond acceptors (Lipinski definition) is 2. The Morgan fingerprint density at radius 1 is 1.13 bits per heavy atom. The topological polar surface area (TPSA) is 33.9 Å². The van der Waals surface area contributed by atoms with Gasteiger partial charge < -0.3 is 14.7 Å². The number of rotatable bonds is 5. The van der Waals surface area contributed by atoms with E-state index in [1.54, 1.807) is 0 Å². The van der Waals surface area contributed by atoms with Crippen LogP contribution >= 0.6 is 0 Å². The van der Waals surface area contributed by atoms with E-state index in [4.69, 9.17) is 4.74 Å². The zero-order valence-electron chi connectivity index (χ0n) is 14.0. The first kappa shape index (κ1) is 16.0. The van der Waals surface area contributed by atoms with Crippen LogP contribution in [0.1, 0.15) is 22.3 Å². The summed E-state index contributed by atoms with van der Waals surface area (Å²) < 4.78 is 5.80. The molecule has 0 saturated carbocycles. The summed E-state index contributed by atoms with van der Waals surface area (Å²) in [6, 6.07) is 14.8. The minimum atomic E-state index is -0.434. The van der Waals surface area contributed by atoms with E-state index in [9.17, 15) is 5.11 Å². The molecular weight excluding hydrogens is 286 g/mol. The molecule has 2 atom stereocenters. The van der Waals surface area contributed by atoms with Gasteiger partial charge >= 0.3 is 0 Å². The highest BCUT2D eigenvalue weighted by atomic mass is 16.5. The molecule has 0 spiro atoms. The lowest BCUT2D eigenvalue weighted by Crippen LogP contribution is -3.13. The number of benzene rings is 2. The third kappa shape index (κ3) is 4.12. The quantitative estimate of drug-likeness (QED) is 0.881. The van der Waals surface area contributed by atoms with Gasteiger partial charge in [-0.15, -0.1) is 0 Å². The fourth-order valence-corrected chi connectivity index (χ4v) is 3.36. The molecule has 23 heavy (non-hydrogen) atoms. The third-order valence-corrected chi connectivity index (χ3v) is 4.59. The molecule has 0 fully saturated rings. The monoisotopic (exact) mass is 312 g/mol. The third-order valence-electron chi connectivity index (χ3n) is 4.59. The van der Waals surface area contributed by atoms with Crippen LogP contribution in [-0.4, -0.2) is 30.9 Å². The first-order valence-corrected chi connectivity index (χ1v) is 8.40. The molecule has 1 aliphatic heterocycles. The lowest BCUT2D eigenvalue weighted by atomic mass is 10.00. The Bertz CT molecular complexity index is 668. The van der Waals surface area contributed by atoms with E-state index < -0.39 is 6.10 Å². The molecule has 0 saturated heterocycles. The van der Waals surface area contributed by atoms with Crippen molar-refractivity contribution in [1.82, 2.24) is 0 Å². The number of ether oxygens (including phenoxy) is 1. The molecular formula is C20H26NO2+.